The lowest BCUT2D eigenvalue weighted by Gasteiger charge is -2.42. The topological polar surface area (TPSA) is 0 Å². The minimum atomic E-state index is 1.11. The van der Waals surface area contributed by atoms with Crippen LogP contribution in [-0.4, -0.2) is 0 Å². The van der Waals surface area contributed by atoms with Crippen molar-refractivity contribution < 1.29 is 0 Å². The van der Waals surface area contributed by atoms with Gasteiger partial charge in [0.2, 0.25) is 0 Å². The van der Waals surface area contributed by atoms with Gasteiger partial charge in [0.15, 0.2) is 0 Å². The van der Waals surface area contributed by atoms with Gasteiger partial charge < -0.3 is 0 Å². The fourth-order valence-corrected chi connectivity index (χ4v) is 7.10. The summed E-state index contributed by atoms with van der Waals surface area (Å²) >= 11 is 0. The van der Waals surface area contributed by atoms with E-state index in [2.05, 4.69) is 6.92 Å². The molecule has 0 saturated heterocycles. The molecule has 7 atom stereocenters. The molecule has 0 aromatic rings. The lowest BCUT2D eigenvalue weighted by Crippen LogP contribution is -2.34. The van der Waals surface area contributed by atoms with Crippen molar-refractivity contribution in [2.45, 2.75) is 71.1 Å². The van der Waals surface area contributed by atoms with Gasteiger partial charge in [0.25, 0.3) is 0 Å². The third kappa shape index (κ3) is 1.56. The first-order valence-corrected chi connectivity index (χ1v) is 8.90. The molecular formula is C18H30. The van der Waals surface area contributed by atoms with Crippen LogP contribution < -0.4 is 0 Å². The maximum Gasteiger partial charge on any atom is -0.0323 e. The largest absolute Gasteiger partial charge is 0.0651 e. The van der Waals surface area contributed by atoms with Crippen LogP contribution in [0.4, 0.5) is 0 Å². The highest BCUT2D eigenvalue weighted by atomic mass is 14.6. The van der Waals surface area contributed by atoms with Crippen molar-refractivity contribution in [1.82, 2.24) is 0 Å². The molecule has 0 aliphatic heterocycles. The quantitative estimate of drug-likeness (QED) is 0.591. The van der Waals surface area contributed by atoms with Crippen LogP contribution in [0, 0.1) is 41.4 Å². The van der Waals surface area contributed by atoms with E-state index in [0.717, 1.165) is 11.8 Å². The molecule has 0 aromatic carbocycles. The van der Waals surface area contributed by atoms with Gasteiger partial charge in [-0.2, -0.15) is 0 Å². The standard InChI is InChI=1S/C18H30/c1-2-12-6-3-9-14-15-10-4-7-13-8-5-11-16(17(12)14)18(13)15/h12-18H,2-11H2,1H3. The number of hydrogen-bond acceptors (Lipinski definition) is 0. The molecule has 0 amide bonds. The number of fused-ring (bicyclic) bond motifs is 3. The Kier molecular flexibility index (Phi) is 2.97. The molecule has 0 aromatic heterocycles. The Hall–Kier alpha value is 0. The van der Waals surface area contributed by atoms with Crippen molar-refractivity contribution >= 4 is 0 Å². The summed E-state index contributed by atoms with van der Waals surface area (Å²) in [7, 11) is 0. The van der Waals surface area contributed by atoms with E-state index < -0.39 is 0 Å². The van der Waals surface area contributed by atoms with Crippen LogP contribution >= 0.6 is 0 Å². The molecule has 4 rings (SSSR count). The van der Waals surface area contributed by atoms with Crippen LogP contribution in [0.15, 0.2) is 0 Å². The molecule has 0 radical (unpaired) electrons. The van der Waals surface area contributed by atoms with Gasteiger partial charge in [-0.15, -0.1) is 0 Å². The second kappa shape index (κ2) is 4.53. The van der Waals surface area contributed by atoms with Gasteiger partial charge >= 0.3 is 0 Å². The number of rotatable bonds is 1. The van der Waals surface area contributed by atoms with E-state index in [9.17, 15) is 0 Å². The van der Waals surface area contributed by atoms with Gasteiger partial charge in [-0.05, 0) is 60.7 Å². The molecule has 0 nitrogen and oxygen atoms in total. The maximum atomic E-state index is 2.47. The molecular weight excluding hydrogens is 216 g/mol. The third-order valence-corrected chi connectivity index (χ3v) is 7.48. The van der Waals surface area contributed by atoms with Crippen LogP contribution in [-0.2, 0) is 0 Å². The van der Waals surface area contributed by atoms with Crippen molar-refractivity contribution in [3.63, 3.8) is 0 Å². The van der Waals surface area contributed by atoms with Crippen molar-refractivity contribution in [1.29, 1.82) is 0 Å². The van der Waals surface area contributed by atoms with Gasteiger partial charge in [0, 0.05) is 0 Å². The first-order valence-electron chi connectivity index (χ1n) is 8.90. The van der Waals surface area contributed by atoms with Crippen molar-refractivity contribution in [2.24, 2.45) is 41.4 Å². The Balaban J connectivity index is 1.68. The van der Waals surface area contributed by atoms with Gasteiger partial charge in [0.05, 0.1) is 0 Å². The van der Waals surface area contributed by atoms with Crippen LogP contribution in [0.5, 0.6) is 0 Å². The Morgan fingerprint density at radius 3 is 2.00 bits per heavy atom. The summed E-state index contributed by atoms with van der Waals surface area (Å²) in [6.07, 6.45) is 15.7. The summed E-state index contributed by atoms with van der Waals surface area (Å²) in [6.45, 7) is 2.47. The van der Waals surface area contributed by atoms with E-state index in [1.807, 2.05) is 0 Å². The molecule has 102 valence electrons. The van der Waals surface area contributed by atoms with Crippen LogP contribution in [0.25, 0.3) is 0 Å². The van der Waals surface area contributed by atoms with Crippen molar-refractivity contribution in [3.05, 3.63) is 0 Å². The molecule has 4 aliphatic rings. The summed E-state index contributed by atoms with van der Waals surface area (Å²) in [5.41, 5.74) is 0. The zero-order valence-corrected chi connectivity index (χ0v) is 12.1. The first kappa shape index (κ1) is 11.8. The molecule has 0 spiro atoms. The summed E-state index contributed by atoms with van der Waals surface area (Å²) in [6, 6.07) is 0. The van der Waals surface area contributed by atoms with E-state index in [1.165, 1.54) is 36.0 Å². The molecule has 0 heterocycles. The molecule has 0 bridgehead atoms. The average molecular weight is 246 g/mol. The van der Waals surface area contributed by atoms with E-state index in [4.69, 9.17) is 0 Å². The van der Waals surface area contributed by atoms with Gasteiger partial charge in [-0.3, -0.25) is 0 Å². The van der Waals surface area contributed by atoms with E-state index >= 15 is 0 Å². The lowest BCUT2D eigenvalue weighted by atomic mass is 9.63. The van der Waals surface area contributed by atoms with Gasteiger partial charge in [0.1, 0.15) is 0 Å². The van der Waals surface area contributed by atoms with E-state index in [-0.39, 0.29) is 0 Å². The Labute approximate surface area is 113 Å². The second-order valence-corrected chi connectivity index (χ2v) is 7.87. The SMILES string of the molecule is CCC1CCCC2C3CCCC4CCCC(C12)C43. The van der Waals surface area contributed by atoms with E-state index in [0.29, 0.717) is 0 Å². The van der Waals surface area contributed by atoms with Crippen molar-refractivity contribution in [3.8, 4) is 0 Å². The van der Waals surface area contributed by atoms with E-state index in [1.54, 1.807) is 57.8 Å². The highest BCUT2D eigenvalue weighted by molar-refractivity contribution is 5.05. The second-order valence-electron chi connectivity index (χ2n) is 7.87. The third-order valence-electron chi connectivity index (χ3n) is 7.48. The summed E-state index contributed by atoms with van der Waals surface area (Å²) in [5.74, 6) is 8.13. The Morgan fingerprint density at radius 2 is 1.28 bits per heavy atom. The van der Waals surface area contributed by atoms with Gasteiger partial charge in [-0.25, -0.2) is 0 Å². The van der Waals surface area contributed by atoms with Crippen LogP contribution in [0.1, 0.15) is 71.1 Å². The summed E-state index contributed by atoms with van der Waals surface area (Å²) < 4.78 is 0. The zero-order chi connectivity index (χ0) is 12.1. The highest BCUT2D eigenvalue weighted by Crippen LogP contribution is 2.64. The highest BCUT2D eigenvalue weighted by Gasteiger charge is 2.56. The molecule has 18 heavy (non-hydrogen) atoms. The van der Waals surface area contributed by atoms with Gasteiger partial charge in [-0.1, -0.05) is 51.9 Å². The number of hydrogen-bond donors (Lipinski definition) is 0. The van der Waals surface area contributed by atoms with Crippen LogP contribution in [0.2, 0.25) is 0 Å². The Morgan fingerprint density at radius 1 is 0.667 bits per heavy atom. The molecule has 0 N–H and O–H groups in total. The lowest BCUT2D eigenvalue weighted by molar-refractivity contribution is 0.0753. The fourth-order valence-electron chi connectivity index (χ4n) is 7.10. The zero-order valence-electron chi connectivity index (χ0n) is 12.1. The maximum absolute atomic E-state index is 2.47. The van der Waals surface area contributed by atoms with Crippen LogP contribution in [0.3, 0.4) is 0 Å². The molecule has 0 heteroatoms. The minimum Gasteiger partial charge on any atom is -0.0651 e. The first-order chi connectivity index (χ1) is 8.90. The Bertz CT molecular complexity index is 305. The molecule has 4 fully saturated rings. The fraction of sp³-hybridized carbons (Fsp3) is 1.00. The van der Waals surface area contributed by atoms with Crippen molar-refractivity contribution in [2.75, 3.05) is 0 Å². The minimum absolute atomic E-state index is 1.11. The predicted octanol–water partition coefficient (Wildman–Crippen LogP) is 5.28. The average Bonchev–Trinajstić information content (AvgIpc) is 2.77. The normalized spacial score (nSPS) is 54.8. The predicted molar refractivity (Wildman–Crippen MR) is 76.3 cm³/mol. The molecule has 4 aliphatic carbocycles. The smallest absolute Gasteiger partial charge is 0.0323 e. The summed E-state index contributed by atoms with van der Waals surface area (Å²) in [4.78, 5) is 0. The monoisotopic (exact) mass is 246 g/mol. The summed E-state index contributed by atoms with van der Waals surface area (Å²) in [5, 5.41) is 0. The molecule has 7 unspecified atom stereocenters. The molecule has 4 saturated carbocycles.